The van der Waals surface area contributed by atoms with Crippen LogP contribution in [0.15, 0.2) is 76.4 Å². The van der Waals surface area contributed by atoms with E-state index in [1.165, 1.54) is 30.7 Å². The topological polar surface area (TPSA) is 63.8 Å². The second kappa shape index (κ2) is 7.77. The first-order chi connectivity index (χ1) is 12.9. The molecule has 3 rings (SSSR count). The number of ether oxygens (including phenoxy) is 1. The first-order valence-electron chi connectivity index (χ1n) is 7.74. The van der Waals surface area contributed by atoms with Crippen molar-refractivity contribution < 1.29 is 27.1 Å². The Bertz CT molecular complexity index is 951. The number of hydrogen-bond donors (Lipinski definition) is 1. The number of carbonyl (C=O) groups is 1. The fourth-order valence-corrected chi connectivity index (χ4v) is 2.16. The molecule has 0 saturated carbocycles. The van der Waals surface area contributed by atoms with Crippen LogP contribution in [0.4, 0.5) is 18.9 Å². The third kappa shape index (κ3) is 4.97. The van der Waals surface area contributed by atoms with Crippen molar-refractivity contribution in [3.63, 3.8) is 0 Å². The van der Waals surface area contributed by atoms with Crippen LogP contribution >= 0.6 is 0 Å². The monoisotopic (exact) mass is 374 g/mol. The first-order valence-corrected chi connectivity index (χ1v) is 7.74. The Morgan fingerprint density at radius 1 is 1.07 bits per heavy atom. The Labute approximate surface area is 152 Å². The molecular weight excluding hydrogens is 361 g/mol. The van der Waals surface area contributed by atoms with Crippen LogP contribution in [0.5, 0.6) is 5.75 Å². The molecule has 0 aliphatic heterocycles. The van der Waals surface area contributed by atoms with E-state index in [0.717, 1.165) is 12.1 Å². The van der Waals surface area contributed by atoms with E-state index in [1.54, 1.807) is 30.3 Å². The Kier molecular flexibility index (Phi) is 5.25. The Hall–Kier alpha value is -3.55. The maximum Gasteiger partial charge on any atom is 0.416 e. The lowest BCUT2D eigenvalue weighted by molar-refractivity contribution is -0.137. The number of nitrogens with zero attached hydrogens (tertiary/aromatic N) is 1. The molecule has 27 heavy (non-hydrogen) atoms. The van der Waals surface area contributed by atoms with Gasteiger partial charge in [-0.3, -0.25) is 5.43 Å². The molecule has 0 fully saturated rings. The molecule has 0 bridgehead atoms. The molecule has 8 heteroatoms. The summed E-state index contributed by atoms with van der Waals surface area (Å²) in [6, 6.07) is 14.2. The first kappa shape index (κ1) is 18.2. The quantitative estimate of drug-likeness (QED) is 0.297. The number of esters is 1. The summed E-state index contributed by atoms with van der Waals surface area (Å²) < 4.78 is 48.2. The van der Waals surface area contributed by atoms with E-state index in [-0.39, 0.29) is 17.2 Å². The van der Waals surface area contributed by atoms with Crippen LogP contribution in [0.3, 0.4) is 0 Å². The number of rotatable bonds is 5. The highest BCUT2D eigenvalue weighted by atomic mass is 19.4. The fourth-order valence-electron chi connectivity index (χ4n) is 2.16. The standard InChI is InChI=1S/C19H13F3N2O3/c20-19(21,22)14-5-2-6-15(11-14)24-23-12-13-4-1-7-16(10-13)27-18(25)17-8-3-9-26-17/h1-12,24H. The molecule has 0 amide bonds. The van der Waals surface area contributed by atoms with Gasteiger partial charge in [-0.2, -0.15) is 18.3 Å². The summed E-state index contributed by atoms with van der Waals surface area (Å²) in [5.41, 5.74) is 2.54. The van der Waals surface area contributed by atoms with Gasteiger partial charge >= 0.3 is 12.1 Å². The van der Waals surface area contributed by atoms with Crippen molar-refractivity contribution in [2.24, 2.45) is 5.10 Å². The fraction of sp³-hybridized carbons (Fsp3) is 0.0526. The zero-order valence-electron chi connectivity index (χ0n) is 13.7. The summed E-state index contributed by atoms with van der Waals surface area (Å²) in [6.07, 6.45) is -1.67. The number of furan rings is 1. The van der Waals surface area contributed by atoms with E-state index in [4.69, 9.17) is 9.15 Å². The van der Waals surface area contributed by atoms with Crippen molar-refractivity contribution in [3.8, 4) is 5.75 Å². The van der Waals surface area contributed by atoms with Gasteiger partial charge in [-0.05, 0) is 48.0 Å². The zero-order valence-corrected chi connectivity index (χ0v) is 13.7. The third-order valence-electron chi connectivity index (χ3n) is 3.39. The summed E-state index contributed by atoms with van der Waals surface area (Å²) in [5.74, 6) is -0.295. The Morgan fingerprint density at radius 2 is 1.89 bits per heavy atom. The number of alkyl halides is 3. The molecule has 0 atom stereocenters. The van der Waals surface area contributed by atoms with Crippen LogP contribution in [0.2, 0.25) is 0 Å². The van der Waals surface area contributed by atoms with Crippen molar-refractivity contribution >= 4 is 17.9 Å². The largest absolute Gasteiger partial charge is 0.457 e. The molecule has 138 valence electrons. The number of benzene rings is 2. The van der Waals surface area contributed by atoms with Crippen LogP contribution in [0, 0.1) is 0 Å². The summed E-state index contributed by atoms with van der Waals surface area (Å²) in [7, 11) is 0. The molecule has 0 aliphatic carbocycles. The summed E-state index contributed by atoms with van der Waals surface area (Å²) >= 11 is 0. The van der Waals surface area contributed by atoms with Gasteiger partial charge in [0.1, 0.15) is 5.75 Å². The molecule has 0 radical (unpaired) electrons. The van der Waals surface area contributed by atoms with E-state index in [0.29, 0.717) is 5.56 Å². The van der Waals surface area contributed by atoms with Gasteiger partial charge in [-0.1, -0.05) is 18.2 Å². The predicted molar refractivity (Wildman–Crippen MR) is 92.8 cm³/mol. The van der Waals surface area contributed by atoms with Crippen LogP contribution in [0.25, 0.3) is 0 Å². The minimum absolute atomic E-state index is 0.0697. The van der Waals surface area contributed by atoms with E-state index in [9.17, 15) is 18.0 Å². The highest BCUT2D eigenvalue weighted by Crippen LogP contribution is 2.30. The van der Waals surface area contributed by atoms with Crippen LogP contribution in [-0.4, -0.2) is 12.2 Å². The molecule has 1 N–H and O–H groups in total. The van der Waals surface area contributed by atoms with Crippen LogP contribution in [0.1, 0.15) is 21.7 Å². The lowest BCUT2D eigenvalue weighted by atomic mass is 10.2. The van der Waals surface area contributed by atoms with Gasteiger partial charge in [0.15, 0.2) is 0 Å². The second-order valence-corrected chi connectivity index (χ2v) is 5.39. The lowest BCUT2D eigenvalue weighted by Gasteiger charge is -2.08. The normalized spacial score (nSPS) is 11.5. The highest BCUT2D eigenvalue weighted by molar-refractivity contribution is 5.88. The SMILES string of the molecule is O=C(Oc1cccc(C=NNc2cccc(C(F)(F)F)c2)c1)c1ccco1. The number of halogens is 3. The van der Waals surface area contributed by atoms with Crippen molar-refractivity contribution in [2.45, 2.75) is 6.18 Å². The maximum absolute atomic E-state index is 12.7. The van der Waals surface area contributed by atoms with E-state index in [2.05, 4.69) is 10.5 Å². The number of carbonyl (C=O) groups excluding carboxylic acids is 1. The summed E-state index contributed by atoms with van der Waals surface area (Å²) in [5, 5.41) is 3.90. The second-order valence-electron chi connectivity index (χ2n) is 5.39. The van der Waals surface area contributed by atoms with Crippen molar-refractivity contribution in [1.82, 2.24) is 0 Å². The molecule has 2 aromatic carbocycles. The van der Waals surface area contributed by atoms with Crippen LogP contribution < -0.4 is 10.2 Å². The molecule has 0 saturated heterocycles. The van der Waals surface area contributed by atoms with Gasteiger partial charge < -0.3 is 9.15 Å². The predicted octanol–water partition coefficient (Wildman–Crippen LogP) is 4.96. The molecule has 3 aromatic rings. The molecular formula is C19H13F3N2O3. The average Bonchev–Trinajstić information content (AvgIpc) is 3.16. The molecule has 1 heterocycles. The van der Waals surface area contributed by atoms with Crippen molar-refractivity contribution in [3.05, 3.63) is 83.8 Å². The number of hydrazone groups is 1. The Balaban J connectivity index is 1.65. The van der Waals surface area contributed by atoms with Crippen LogP contribution in [-0.2, 0) is 6.18 Å². The van der Waals surface area contributed by atoms with E-state index in [1.807, 2.05) is 0 Å². The minimum atomic E-state index is -4.42. The molecule has 0 spiro atoms. The average molecular weight is 374 g/mol. The van der Waals surface area contributed by atoms with Gasteiger partial charge in [-0.15, -0.1) is 0 Å². The van der Waals surface area contributed by atoms with E-state index >= 15 is 0 Å². The molecule has 5 nitrogen and oxygen atoms in total. The van der Waals surface area contributed by atoms with Gasteiger partial charge in [0, 0.05) is 0 Å². The number of anilines is 1. The lowest BCUT2D eigenvalue weighted by Crippen LogP contribution is -2.07. The van der Waals surface area contributed by atoms with Gasteiger partial charge in [-0.25, -0.2) is 4.79 Å². The van der Waals surface area contributed by atoms with Gasteiger partial charge in [0.25, 0.3) is 0 Å². The highest BCUT2D eigenvalue weighted by Gasteiger charge is 2.30. The smallest absolute Gasteiger partial charge is 0.416 e. The molecule has 0 unspecified atom stereocenters. The third-order valence-corrected chi connectivity index (χ3v) is 3.39. The molecule has 1 aromatic heterocycles. The van der Waals surface area contributed by atoms with Gasteiger partial charge in [0.05, 0.1) is 23.7 Å². The van der Waals surface area contributed by atoms with Gasteiger partial charge in [0.2, 0.25) is 5.76 Å². The minimum Gasteiger partial charge on any atom is -0.457 e. The van der Waals surface area contributed by atoms with Crippen molar-refractivity contribution in [1.29, 1.82) is 0 Å². The molecule has 0 aliphatic rings. The number of hydrogen-bond acceptors (Lipinski definition) is 5. The number of nitrogens with one attached hydrogen (secondary N) is 1. The zero-order chi connectivity index (χ0) is 19.3. The van der Waals surface area contributed by atoms with Crippen molar-refractivity contribution in [2.75, 3.05) is 5.43 Å². The summed E-state index contributed by atoms with van der Waals surface area (Å²) in [4.78, 5) is 11.8. The maximum atomic E-state index is 12.7. The summed E-state index contributed by atoms with van der Waals surface area (Å²) in [6.45, 7) is 0. The van der Waals surface area contributed by atoms with E-state index < -0.39 is 17.7 Å². The Morgan fingerprint density at radius 3 is 2.63 bits per heavy atom.